The van der Waals surface area contributed by atoms with Crippen LogP contribution in [0, 0.1) is 0 Å². The van der Waals surface area contributed by atoms with E-state index < -0.39 is 12.0 Å². The quantitative estimate of drug-likeness (QED) is 0.652. The Morgan fingerprint density at radius 1 is 1.33 bits per heavy atom. The molecule has 0 bridgehead atoms. The summed E-state index contributed by atoms with van der Waals surface area (Å²) < 4.78 is 0. The third kappa shape index (κ3) is 4.83. The van der Waals surface area contributed by atoms with Gasteiger partial charge in [0.1, 0.15) is 11.8 Å². The molecule has 82 valence electrons. The smallest absolute Gasteiger partial charge is 0.320 e. The minimum absolute atomic E-state index is 0.160. The van der Waals surface area contributed by atoms with Gasteiger partial charge in [-0.2, -0.15) is 0 Å². The van der Waals surface area contributed by atoms with Crippen molar-refractivity contribution in [3.8, 4) is 5.75 Å². The predicted octanol–water partition coefficient (Wildman–Crippen LogP) is 1.15. The van der Waals surface area contributed by atoms with Crippen molar-refractivity contribution in [2.75, 3.05) is 0 Å². The van der Waals surface area contributed by atoms with Crippen molar-refractivity contribution in [2.45, 2.75) is 12.5 Å². The molecule has 0 aliphatic rings. The highest BCUT2D eigenvalue weighted by atomic mass is 16.4. The van der Waals surface area contributed by atoms with Gasteiger partial charge in [-0.05, 0) is 24.1 Å². The molecule has 0 saturated heterocycles. The Kier molecular flexibility index (Phi) is 5.82. The number of carboxylic acids is 1. The van der Waals surface area contributed by atoms with Crippen LogP contribution in [0.2, 0.25) is 0 Å². The first-order valence-corrected chi connectivity index (χ1v) is 4.36. The highest BCUT2D eigenvalue weighted by Crippen LogP contribution is 2.10. The molecule has 1 aromatic rings. The Balaban J connectivity index is 0.000000921. The first-order chi connectivity index (χ1) is 7.09. The van der Waals surface area contributed by atoms with Crippen LogP contribution in [0.15, 0.2) is 37.4 Å². The lowest BCUT2D eigenvalue weighted by Gasteiger charge is -2.05. The standard InChI is InChI=1S/C9H11NO3.C2H4/c10-8(9(12)13)5-6-1-3-7(11)4-2-6;1-2/h1-4,8,11H,5,10H2,(H,12,13);1-2H2. The number of phenols is 1. The van der Waals surface area contributed by atoms with Crippen LogP contribution in [-0.4, -0.2) is 22.2 Å². The number of nitrogens with two attached hydrogens (primary N) is 1. The summed E-state index contributed by atoms with van der Waals surface area (Å²) in [5.74, 6) is -0.860. The molecule has 0 radical (unpaired) electrons. The van der Waals surface area contributed by atoms with Crippen LogP contribution in [0.1, 0.15) is 5.56 Å². The summed E-state index contributed by atoms with van der Waals surface area (Å²) in [5.41, 5.74) is 6.12. The molecule has 0 heterocycles. The van der Waals surface area contributed by atoms with Crippen molar-refractivity contribution in [1.82, 2.24) is 0 Å². The highest BCUT2D eigenvalue weighted by Gasteiger charge is 2.11. The lowest BCUT2D eigenvalue weighted by atomic mass is 10.1. The maximum Gasteiger partial charge on any atom is 0.320 e. The van der Waals surface area contributed by atoms with E-state index in [1.54, 1.807) is 12.1 Å². The molecule has 0 aliphatic heterocycles. The van der Waals surface area contributed by atoms with Crippen LogP contribution in [0.3, 0.4) is 0 Å². The second-order valence-electron chi connectivity index (χ2n) is 2.82. The van der Waals surface area contributed by atoms with Crippen molar-refractivity contribution >= 4 is 5.97 Å². The van der Waals surface area contributed by atoms with E-state index in [0.717, 1.165) is 5.56 Å². The van der Waals surface area contributed by atoms with Gasteiger partial charge in [-0.15, -0.1) is 13.2 Å². The molecule has 1 atom stereocenters. The molecule has 0 aliphatic carbocycles. The van der Waals surface area contributed by atoms with Crippen LogP contribution >= 0.6 is 0 Å². The minimum Gasteiger partial charge on any atom is -0.508 e. The van der Waals surface area contributed by atoms with Gasteiger partial charge in [-0.25, -0.2) is 0 Å². The predicted molar refractivity (Wildman–Crippen MR) is 58.7 cm³/mol. The topological polar surface area (TPSA) is 83.5 Å². The number of rotatable bonds is 3. The molecular weight excluding hydrogens is 194 g/mol. The van der Waals surface area contributed by atoms with Gasteiger partial charge in [-0.3, -0.25) is 4.79 Å². The monoisotopic (exact) mass is 209 g/mol. The Morgan fingerprint density at radius 3 is 2.20 bits per heavy atom. The number of carboxylic acid groups (broad SMARTS) is 1. The Bertz CT molecular complexity index is 308. The van der Waals surface area contributed by atoms with Crippen molar-refractivity contribution < 1.29 is 15.0 Å². The number of carbonyl (C=O) groups is 1. The Hall–Kier alpha value is -1.81. The van der Waals surface area contributed by atoms with E-state index in [9.17, 15) is 4.79 Å². The Morgan fingerprint density at radius 2 is 1.80 bits per heavy atom. The van der Waals surface area contributed by atoms with Gasteiger partial charge in [0.2, 0.25) is 0 Å². The number of phenolic OH excluding ortho intramolecular Hbond substituents is 1. The maximum atomic E-state index is 10.4. The summed E-state index contributed by atoms with van der Waals surface area (Å²) in [6.45, 7) is 6.00. The third-order valence-electron chi connectivity index (χ3n) is 1.71. The van der Waals surface area contributed by atoms with Gasteiger partial charge in [0.05, 0.1) is 0 Å². The molecular formula is C11H15NO3. The van der Waals surface area contributed by atoms with E-state index in [-0.39, 0.29) is 12.2 Å². The zero-order valence-corrected chi connectivity index (χ0v) is 8.39. The number of aliphatic carboxylic acids is 1. The van der Waals surface area contributed by atoms with Crippen molar-refractivity contribution in [3.63, 3.8) is 0 Å². The van der Waals surface area contributed by atoms with Crippen molar-refractivity contribution in [1.29, 1.82) is 0 Å². The third-order valence-corrected chi connectivity index (χ3v) is 1.71. The van der Waals surface area contributed by atoms with E-state index in [1.165, 1.54) is 12.1 Å². The average molecular weight is 209 g/mol. The maximum absolute atomic E-state index is 10.4. The minimum atomic E-state index is -1.02. The number of hydrogen-bond acceptors (Lipinski definition) is 3. The van der Waals surface area contributed by atoms with E-state index in [1.807, 2.05) is 0 Å². The fraction of sp³-hybridized carbons (Fsp3) is 0.182. The second kappa shape index (κ2) is 6.62. The number of hydrogen-bond donors (Lipinski definition) is 3. The molecule has 1 aromatic carbocycles. The fourth-order valence-corrected chi connectivity index (χ4v) is 0.973. The zero-order valence-electron chi connectivity index (χ0n) is 8.39. The first kappa shape index (κ1) is 13.2. The summed E-state index contributed by atoms with van der Waals surface area (Å²) in [4.78, 5) is 10.4. The molecule has 4 nitrogen and oxygen atoms in total. The molecule has 0 saturated carbocycles. The van der Waals surface area contributed by atoms with Gasteiger partial charge in [0.15, 0.2) is 0 Å². The Labute approximate surface area is 88.7 Å². The lowest BCUT2D eigenvalue weighted by Crippen LogP contribution is -2.32. The van der Waals surface area contributed by atoms with Crippen LogP contribution < -0.4 is 5.73 Å². The van der Waals surface area contributed by atoms with Crippen molar-refractivity contribution in [3.05, 3.63) is 43.0 Å². The van der Waals surface area contributed by atoms with E-state index in [4.69, 9.17) is 15.9 Å². The summed E-state index contributed by atoms with van der Waals surface area (Å²) in [5, 5.41) is 17.5. The van der Waals surface area contributed by atoms with Crippen LogP contribution in [-0.2, 0) is 11.2 Å². The van der Waals surface area contributed by atoms with Gasteiger partial charge >= 0.3 is 5.97 Å². The number of benzene rings is 1. The van der Waals surface area contributed by atoms with Crippen molar-refractivity contribution in [2.24, 2.45) is 5.73 Å². The van der Waals surface area contributed by atoms with Crippen LogP contribution in [0.25, 0.3) is 0 Å². The molecule has 0 fully saturated rings. The summed E-state index contributed by atoms with van der Waals surface area (Å²) in [7, 11) is 0. The summed E-state index contributed by atoms with van der Waals surface area (Å²) in [6.07, 6.45) is 0.273. The highest BCUT2D eigenvalue weighted by molar-refractivity contribution is 5.73. The van der Waals surface area contributed by atoms with Crippen LogP contribution in [0.4, 0.5) is 0 Å². The molecule has 1 rings (SSSR count). The molecule has 0 spiro atoms. The molecule has 0 aromatic heterocycles. The van der Waals surface area contributed by atoms with E-state index in [0.29, 0.717) is 0 Å². The van der Waals surface area contributed by atoms with E-state index >= 15 is 0 Å². The molecule has 0 amide bonds. The summed E-state index contributed by atoms with van der Waals surface area (Å²) in [6, 6.07) is 5.42. The molecule has 4 N–H and O–H groups in total. The normalized spacial score (nSPS) is 11.0. The summed E-state index contributed by atoms with van der Waals surface area (Å²) >= 11 is 0. The van der Waals surface area contributed by atoms with E-state index in [2.05, 4.69) is 13.2 Å². The fourth-order valence-electron chi connectivity index (χ4n) is 0.973. The van der Waals surface area contributed by atoms with Gasteiger partial charge in [0, 0.05) is 0 Å². The van der Waals surface area contributed by atoms with Gasteiger partial charge in [-0.1, -0.05) is 12.1 Å². The van der Waals surface area contributed by atoms with Crippen LogP contribution in [0.5, 0.6) is 5.75 Å². The first-order valence-electron chi connectivity index (χ1n) is 4.36. The largest absolute Gasteiger partial charge is 0.508 e. The van der Waals surface area contributed by atoms with Gasteiger partial charge in [0.25, 0.3) is 0 Å². The molecule has 1 unspecified atom stereocenters. The lowest BCUT2D eigenvalue weighted by molar-refractivity contribution is -0.138. The molecule has 15 heavy (non-hydrogen) atoms. The number of aromatic hydroxyl groups is 1. The van der Waals surface area contributed by atoms with Gasteiger partial charge < -0.3 is 15.9 Å². The second-order valence-corrected chi connectivity index (χ2v) is 2.82. The molecule has 4 heteroatoms. The zero-order chi connectivity index (χ0) is 11.8. The average Bonchev–Trinajstić information content (AvgIpc) is 2.24. The SMILES string of the molecule is C=C.NC(Cc1ccc(O)cc1)C(=O)O.